The summed E-state index contributed by atoms with van der Waals surface area (Å²) in [5.41, 5.74) is 1.28. The number of nitrogens with zero attached hydrogens (tertiary/aromatic N) is 2. The molecular formula is C30H27Cl5F2N2O3S. The topological polar surface area (TPSA) is 72.5 Å². The first-order valence-electron chi connectivity index (χ1n) is 12.3. The molecule has 5 nitrogen and oxygen atoms in total. The van der Waals surface area contributed by atoms with Crippen LogP contribution in [0.2, 0.25) is 20.4 Å². The zero-order valence-electron chi connectivity index (χ0n) is 23.2. The fraction of sp³-hybridized carbons (Fsp3) is 0.233. The fourth-order valence-corrected chi connectivity index (χ4v) is 4.38. The average molecular weight is 711 g/mol. The Labute approximate surface area is 276 Å². The quantitative estimate of drug-likeness (QED) is 0.117. The van der Waals surface area contributed by atoms with Gasteiger partial charge in [-0.3, -0.25) is 4.79 Å². The number of epoxide rings is 1. The van der Waals surface area contributed by atoms with Crippen molar-refractivity contribution in [3.05, 3.63) is 127 Å². The molecule has 0 radical (unpaired) electrons. The number of ketones is 1. The van der Waals surface area contributed by atoms with Gasteiger partial charge in [-0.2, -0.15) is 0 Å². The Bertz CT molecular complexity index is 1610. The van der Waals surface area contributed by atoms with E-state index in [4.69, 9.17) is 51.1 Å². The minimum atomic E-state index is -1.42. The molecule has 0 aliphatic carbocycles. The maximum Gasteiger partial charge on any atom is 0.170 e. The number of hydrogen-bond acceptors (Lipinski definition) is 5. The third kappa shape index (κ3) is 11.7. The summed E-state index contributed by atoms with van der Waals surface area (Å²) in [6, 6.07) is 15.6. The van der Waals surface area contributed by atoms with Crippen molar-refractivity contribution in [3.63, 3.8) is 0 Å². The number of rotatable bonds is 6. The summed E-state index contributed by atoms with van der Waals surface area (Å²) in [5, 5.41) is 1.30. The van der Waals surface area contributed by atoms with Crippen molar-refractivity contribution < 1.29 is 34.9 Å². The fourth-order valence-electron chi connectivity index (χ4n) is 3.69. The number of Topliss-reactive ketones (excluding diaryl/α,β-unsaturated/α-hetero) is 1. The summed E-state index contributed by atoms with van der Waals surface area (Å²) in [5.74, 6) is -1.35. The lowest BCUT2D eigenvalue weighted by Gasteiger charge is -2.14. The number of carbonyl (C=O) groups excluding carboxylic acids is 1. The minimum Gasteiger partial charge on any atom is -1.00 e. The monoisotopic (exact) mass is 708 g/mol. The van der Waals surface area contributed by atoms with Gasteiger partial charge in [-0.25, -0.2) is 18.7 Å². The van der Waals surface area contributed by atoms with E-state index in [9.17, 15) is 17.8 Å². The number of halogens is 7. The van der Waals surface area contributed by atoms with Gasteiger partial charge in [-0.1, -0.05) is 64.6 Å². The number of pyridine rings is 2. The second-order valence-corrected chi connectivity index (χ2v) is 15.0. The molecule has 1 atom stereocenters. The Balaban J connectivity index is 0.000000255. The third-order valence-electron chi connectivity index (χ3n) is 5.65. The molecule has 5 rings (SSSR count). The zero-order valence-corrected chi connectivity index (χ0v) is 27.8. The van der Waals surface area contributed by atoms with Crippen LogP contribution in [0.15, 0.2) is 73.1 Å². The summed E-state index contributed by atoms with van der Waals surface area (Å²) < 4.78 is 43.2. The molecule has 1 fully saturated rings. The normalized spacial score (nSPS) is 15.2. The van der Waals surface area contributed by atoms with Crippen LogP contribution in [0, 0.1) is 11.6 Å². The van der Waals surface area contributed by atoms with E-state index in [-0.39, 0.29) is 46.2 Å². The molecule has 3 heterocycles. The molecular weight excluding hydrogens is 684 g/mol. The molecule has 0 bridgehead atoms. The molecule has 2 aromatic heterocycles. The van der Waals surface area contributed by atoms with Gasteiger partial charge in [0.15, 0.2) is 5.78 Å². The van der Waals surface area contributed by atoms with Gasteiger partial charge < -0.3 is 17.1 Å². The lowest BCUT2D eigenvalue weighted by Crippen LogP contribution is -3.00. The van der Waals surface area contributed by atoms with Crippen LogP contribution in [0.5, 0.6) is 0 Å². The number of aromatic nitrogens is 2. The Kier molecular flexibility index (Phi) is 14.0. The van der Waals surface area contributed by atoms with Gasteiger partial charge in [0.1, 0.15) is 46.3 Å². The molecule has 13 heteroatoms. The highest BCUT2D eigenvalue weighted by Crippen LogP contribution is 2.44. The molecule has 0 spiro atoms. The average Bonchev–Trinajstić information content (AvgIpc) is 3.66. The van der Waals surface area contributed by atoms with Gasteiger partial charge in [0.2, 0.25) is 0 Å². The van der Waals surface area contributed by atoms with Crippen LogP contribution in [0.4, 0.5) is 8.78 Å². The van der Waals surface area contributed by atoms with Crippen molar-refractivity contribution >= 4 is 62.1 Å². The van der Waals surface area contributed by atoms with Crippen LogP contribution in [0.1, 0.15) is 27.0 Å². The van der Waals surface area contributed by atoms with E-state index >= 15 is 0 Å². The Morgan fingerprint density at radius 1 is 0.860 bits per heavy atom. The molecule has 2 aromatic carbocycles. The summed E-state index contributed by atoms with van der Waals surface area (Å²) >= 11 is 23.3. The van der Waals surface area contributed by atoms with Crippen LogP contribution in [-0.2, 0) is 37.3 Å². The van der Waals surface area contributed by atoms with E-state index < -0.39 is 21.4 Å². The predicted octanol–water partition coefficient (Wildman–Crippen LogP) is 5.33. The summed E-state index contributed by atoms with van der Waals surface area (Å²) in [6.07, 6.45) is 8.80. The van der Waals surface area contributed by atoms with Gasteiger partial charge in [-0.05, 0) is 53.6 Å². The van der Waals surface area contributed by atoms with Gasteiger partial charge >= 0.3 is 0 Å². The van der Waals surface area contributed by atoms with E-state index in [1.807, 2.05) is 6.07 Å². The van der Waals surface area contributed by atoms with E-state index in [0.29, 0.717) is 34.3 Å². The Hall–Kier alpha value is -2.17. The minimum absolute atomic E-state index is 0. The van der Waals surface area contributed by atoms with E-state index in [1.54, 1.807) is 55.3 Å². The first-order valence-corrected chi connectivity index (χ1v) is 16.6. The Morgan fingerprint density at radius 2 is 1.35 bits per heavy atom. The molecule has 4 aromatic rings. The van der Waals surface area contributed by atoms with E-state index in [2.05, 4.69) is 9.97 Å². The number of ether oxygens (including phenoxy) is 1. The molecule has 230 valence electrons. The molecule has 0 N–H and O–H groups in total. The smallest absolute Gasteiger partial charge is 0.170 e. The van der Waals surface area contributed by atoms with Crippen LogP contribution >= 0.6 is 46.4 Å². The summed E-state index contributed by atoms with van der Waals surface area (Å²) in [4.78, 5) is 19.8. The van der Waals surface area contributed by atoms with E-state index in [1.165, 1.54) is 24.4 Å². The first kappa shape index (κ1) is 37.0. The standard InChI is InChI=1S/C14H10Cl2FNO.C13H8Cl2FNO.C3H9OS.ClH/c15-10-3-4-11(12(17)6-10)14(8-19-14)7-9-2-1-5-18-13(9)16;14-9-3-4-10(11(16)7-9)12(18)6-8-2-1-5-17-13(8)15;1-5(2,3)4;/h1-6H,7-8H2;1-5,7H,6H2;1-3H3;1H/q;;+1;/p-1. The highest BCUT2D eigenvalue weighted by molar-refractivity contribution is 8.00. The lowest BCUT2D eigenvalue weighted by molar-refractivity contribution is -0.0000200. The third-order valence-corrected chi connectivity index (χ3v) is 6.80. The second-order valence-electron chi connectivity index (χ2n) is 9.94. The number of hydrogen-bond donors (Lipinski definition) is 0. The molecule has 1 unspecified atom stereocenters. The van der Waals surface area contributed by atoms with Crippen molar-refractivity contribution in [1.82, 2.24) is 9.97 Å². The molecule has 0 amide bonds. The van der Waals surface area contributed by atoms with Crippen LogP contribution in [0.25, 0.3) is 0 Å². The molecule has 1 aliphatic rings. The Morgan fingerprint density at radius 3 is 1.81 bits per heavy atom. The van der Waals surface area contributed by atoms with Crippen LogP contribution in [0.3, 0.4) is 0 Å². The maximum atomic E-state index is 14.0. The zero-order chi connectivity index (χ0) is 31.1. The lowest BCUT2D eigenvalue weighted by atomic mass is 9.93. The van der Waals surface area contributed by atoms with Gasteiger partial charge in [0.25, 0.3) is 0 Å². The van der Waals surface area contributed by atoms with Crippen molar-refractivity contribution in [2.45, 2.75) is 18.4 Å². The maximum absolute atomic E-state index is 14.0. The second kappa shape index (κ2) is 16.2. The SMILES string of the molecule is C[S+](C)(C)=O.Fc1cc(Cl)ccc1C1(Cc2cccnc2Cl)CO1.O=C(Cc1cccnc1Cl)c1ccc(Cl)cc1F.[Cl-]. The largest absolute Gasteiger partial charge is 1.00 e. The van der Waals surface area contributed by atoms with Crippen molar-refractivity contribution in [1.29, 1.82) is 0 Å². The summed E-state index contributed by atoms with van der Waals surface area (Å²) in [6.45, 7) is 0.469. The number of benzene rings is 2. The highest BCUT2D eigenvalue weighted by Gasteiger charge is 2.48. The first-order chi connectivity index (χ1) is 19.7. The molecule has 1 saturated heterocycles. The molecule has 0 saturated carbocycles. The van der Waals surface area contributed by atoms with Gasteiger partial charge in [0, 0.05) is 40.8 Å². The number of carbonyl (C=O) groups is 1. The predicted molar refractivity (Wildman–Crippen MR) is 167 cm³/mol. The van der Waals surface area contributed by atoms with Gasteiger partial charge in [-0.15, -0.1) is 4.21 Å². The van der Waals surface area contributed by atoms with Gasteiger partial charge in [0.05, 0.1) is 22.1 Å². The molecule has 1 aliphatic heterocycles. The molecule has 43 heavy (non-hydrogen) atoms. The highest BCUT2D eigenvalue weighted by atomic mass is 35.5. The van der Waals surface area contributed by atoms with Crippen LogP contribution in [-0.4, -0.2) is 41.1 Å². The van der Waals surface area contributed by atoms with Crippen molar-refractivity contribution in [3.8, 4) is 0 Å². The van der Waals surface area contributed by atoms with Crippen molar-refractivity contribution in [2.75, 3.05) is 25.4 Å². The van der Waals surface area contributed by atoms with E-state index in [0.717, 1.165) is 11.6 Å². The summed E-state index contributed by atoms with van der Waals surface area (Å²) in [7, 11) is -1.42. The van der Waals surface area contributed by atoms with Crippen LogP contribution < -0.4 is 12.4 Å². The van der Waals surface area contributed by atoms with Crippen molar-refractivity contribution in [2.24, 2.45) is 0 Å².